The fourth-order valence-corrected chi connectivity index (χ4v) is 4.17. The van der Waals surface area contributed by atoms with Gasteiger partial charge in [-0.1, -0.05) is 36.4 Å². The summed E-state index contributed by atoms with van der Waals surface area (Å²) in [6.07, 6.45) is -0.669. The minimum absolute atomic E-state index is 0.200. The van der Waals surface area contributed by atoms with E-state index in [1.165, 1.54) is 29.5 Å². The van der Waals surface area contributed by atoms with Crippen LogP contribution in [0, 0.1) is 0 Å². The quantitative estimate of drug-likeness (QED) is 0.307. The number of aliphatic hydroxyl groups excluding tert-OH is 1. The van der Waals surface area contributed by atoms with E-state index >= 15 is 0 Å². The Morgan fingerprint density at radius 3 is 2.47 bits per heavy atom. The Kier molecular flexibility index (Phi) is 5.85. The van der Waals surface area contributed by atoms with Gasteiger partial charge in [0.25, 0.3) is 0 Å². The summed E-state index contributed by atoms with van der Waals surface area (Å²) in [6, 6.07) is 17.7. The Labute approximate surface area is 176 Å². The SMILES string of the molecule is O=c1cc(CN(Cc2ccccc2)CC(O)c2cccs2)c2cc(O)c(O)cc2o1. The Morgan fingerprint density at radius 1 is 0.967 bits per heavy atom. The number of hydrogen-bond acceptors (Lipinski definition) is 7. The molecule has 0 saturated heterocycles. The van der Waals surface area contributed by atoms with Crippen molar-refractivity contribution in [2.45, 2.75) is 19.2 Å². The summed E-state index contributed by atoms with van der Waals surface area (Å²) in [5.41, 5.74) is 1.38. The maximum Gasteiger partial charge on any atom is 0.336 e. The molecule has 0 aliphatic rings. The molecule has 154 valence electrons. The van der Waals surface area contributed by atoms with Crippen LogP contribution in [0.3, 0.4) is 0 Å². The fourth-order valence-electron chi connectivity index (χ4n) is 3.46. The fraction of sp³-hybridized carbons (Fsp3) is 0.174. The van der Waals surface area contributed by atoms with Crippen molar-refractivity contribution in [3.63, 3.8) is 0 Å². The molecule has 2 aromatic carbocycles. The molecule has 30 heavy (non-hydrogen) atoms. The number of phenols is 2. The van der Waals surface area contributed by atoms with E-state index in [0.29, 0.717) is 30.6 Å². The number of rotatable bonds is 7. The summed E-state index contributed by atoms with van der Waals surface area (Å²) in [6.45, 7) is 1.28. The second-order valence-electron chi connectivity index (χ2n) is 7.11. The smallest absolute Gasteiger partial charge is 0.336 e. The van der Waals surface area contributed by atoms with E-state index in [1.54, 1.807) is 0 Å². The van der Waals surface area contributed by atoms with Crippen LogP contribution in [-0.2, 0) is 13.1 Å². The van der Waals surface area contributed by atoms with Crippen molar-refractivity contribution in [3.8, 4) is 11.5 Å². The van der Waals surface area contributed by atoms with Crippen molar-refractivity contribution in [2.75, 3.05) is 6.54 Å². The van der Waals surface area contributed by atoms with Crippen molar-refractivity contribution in [2.24, 2.45) is 0 Å². The molecule has 1 unspecified atom stereocenters. The van der Waals surface area contributed by atoms with E-state index in [0.717, 1.165) is 10.4 Å². The zero-order chi connectivity index (χ0) is 21.1. The lowest BCUT2D eigenvalue weighted by atomic mass is 10.1. The molecule has 4 rings (SSSR count). The number of fused-ring (bicyclic) bond motifs is 1. The maximum atomic E-state index is 12.1. The lowest BCUT2D eigenvalue weighted by Crippen LogP contribution is -2.28. The molecule has 7 heteroatoms. The highest BCUT2D eigenvalue weighted by atomic mass is 32.1. The number of phenolic OH excluding ortho intramolecular Hbond substituents is 2. The summed E-state index contributed by atoms with van der Waals surface area (Å²) in [5.74, 6) is -0.636. The van der Waals surface area contributed by atoms with Crippen LogP contribution in [0.1, 0.15) is 22.1 Å². The average molecular weight is 423 g/mol. The van der Waals surface area contributed by atoms with Gasteiger partial charge in [-0.05, 0) is 28.6 Å². The molecule has 1 atom stereocenters. The zero-order valence-corrected chi connectivity index (χ0v) is 16.9. The highest BCUT2D eigenvalue weighted by Crippen LogP contribution is 2.32. The normalized spacial score (nSPS) is 12.5. The molecule has 0 aliphatic carbocycles. The first-order valence-electron chi connectivity index (χ1n) is 9.46. The molecule has 6 nitrogen and oxygen atoms in total. The highest BCUT2D eigenvalue weighted by molar-refractivity contribution is 7.10. The van der Waals surface area contributed by atoms with Gasteiger partial charge in [-0.25, -0.2) is 4.79 Å². The van der Waals surface area contributed by atoms with Gasteiger partial charge in [0.2, 0.25) is 0 Å². The highest BCUT2D eigenvalue weighted by Gasteiger charge is 2.18. The molecule has 0 radical (unpaired) electrons. The average Bonchev–Trinajstić information content (AvgIpc) is 3.25. The number of thiophene rings is 1. The number of hydrogen-bond donors (Lipinski definition) is 3. The standard InChI is InChI=1S/C23H21NO5S/c25-18-10-17-16(9-23(28)29-21(17)11-19(18)26)13-24(12-15-5-2-1-3-6-15)14-20(27)22-7-4-8-30-22/h1-11,20,25-27H,12-14H2. The van der Waals surface area contributed by atoms with Gasteiger partial charge in [-0.3, -0.25) is 4.90 Å². The summed E-state index contributed by atoms with van der Waals surface area (Å²) in [7, 11) is 0. The van der Waals surface area contributed by atoms with Gasteiger partial charge in [0.05, 0.1) is 0 Å². The van der Waals surface area contributed by atoms with Crippen LogP contribution in [0.4, 0.5) is 0 Å². The first-order chi connectivity index (χ1) is 14.5. The van der Waals surface area contributed by atoms with Gasteiger partial charge in [0.1, 0.15) is 11.7 Å². The van der Waals surface area contributed by atoms with Crippen molar-refractivity contribution in [1.29, 1.82) is 0 Å². The Balaban J connectivity index is 1.68. The third-order valence-electron chi connectivity index (χ3n) is 4.87. The molecule has 4 aromatic rings. The van der Waals surface area contributed by atoms with Crippen LogP contribution in [0.5, 0.6) is 11.5 Å². The van der Waals surface area contributed by atoms with Crippen molar-refractivity contribution in [1.82, 2.24) is 4.90 Å². The van der Waals surface area contributed by atoms with Crippen LogP contribution in [-0.4, -0.2) is 26.8 Å². The van der Waals surface area contributed by atoms with Gasteiger partial charge >= 0.3 is 5.63 Å². The predicted octanol–water partition coefficient (Wildman–Crippen LogP) is 4.00. The number of nitrogens with zero attached hydrogens (tertiary/aromatic N) is 1. The van der Waals surface area contributed by atoms with Crippen LogP contribution in [0.2, 0.25) is 0 Å². The van der Waals surface area contributed by atoms with Gasteiger partial charge in [-0.2, -0.15) is 0 Å². The molecule has 0 bridgehead atoms. The Hall–Kier alpha value is -3.13. The molecule has 0 spiro atoms. The third-order valence-corrected chi connectivity index (χ3v) is 5.84. The second-order valence-corrected chi connectivity index (χ2v) is 8.09. The minimum Gasteiger partial charge on any atom is -0.504 e. The van der Waals surface area contributed by atoms with Gasteiger partial charge in [0.15, 0.2) is 11.5 Å². The predicted molar refractivity (Wildman–Crippen MR) is 116 cm³/mol. The first-order valence-corrected chi connectivity index (χ1v) is 10.3. The zero-order valence-electron chi connectivity index (χ0n) is 16.1. The number of aliphatic hydroxyl groups is 1. The summed E-state index contributed by atoms with van der Waals surface area (Å²) < 4.78 is 5.19. The lowest BCUT2D eigenvalue weighted by molar-refractivity contribution is 0.107. The third kappa shape index (κ3) is 4.54. The minimum atomic E-state index is -0.669. The lowest BCUT2D eigenvalue weighted by Gasteiger charge is -2.25. The van der Waals surface area contributed by atoms with Crippen molar-refractivity contribution < 1.29 is 19.7 Å². The monoisotopic (exact) mass is 423 g/mol. The van der Waals surface area contributed by atoms with Gasteiger partial charge in [0, 0.05) is 42.0 Å². The molecule has 0 aliphatic heterocycles. The second kappa shape index (κ2) is 8.71. The van der Waals surface area contributed by atoms with E-state index in [9.17, 15) is 20.1 Å². The Bertz CT molecular complexity index is 1190. The molecular weight excluding hydrogens is 402 g/mol. The van der Waals surface area contributed by atoms with E-state index in [1.807, 2.05) is 52.7 Å². The van der Waals surface area contributed by atoms with E-state index in [4.69, 9.17) is 4.42 Å². The first kappa shape index (κ1) is 20.2. The number of aromatic hydroxyl groups is 2. The van der Waals surface area contributed by atoms with E-state index < -0.39 is 11.7 Å². The maximum absolute atomic E-state index is 12.1. The summed E-state index contributed by atoms with van der Waals surface area (Å²) in [5, 5.41) is 32.8. The molecule has 0 fully saturated rings. The van der Waals surface area contributed by atoms with Crippen LogP contribution < -0.4 is 5.63 Å². The van der Waals surface area contributed by atoms with E-state index in [-0.39, 0.29) is 17.1 Å². The van der Waals surface area contributed by atoms with Gasteiger partial charge < -0.3 is 19.7 Å². The molecule has 2 heterocycles. The van der Waals surface area contributed by atoms with Crippen LogP contribution in [0.25, 0.3) is 11.0 Å². The summed E-state index contributed by atoms with van der Waals surface area (Å²) >= 11 is 1.49. The molecule has 0 amide bonds. The van der Waals surface area contributed by atoms with Gasteiger partial charge in [-0.15, -0.1) is 11.3 Å². The van der Waals surface area contributed by atoms with Crippen molar-refractivity contribution >= 4 is 22.3 Å². The molecule has 2 aromatic heterocycles. The summed E-state index contributed by atoms with van der Waals surface area (Å²) in [4.78, 5) is 15.0. The van der Waals surface area contributed by atoms with Crippen LogP contribution >= 0.6 is 11.3 Å². The van der Waals surface area contributed by atoms with E-state index in [2.05, 4.69) is 0 Å². The number of benzene rings is 2. The molecule has 0 saturated carbocycles. The topological polar surface area (TPSA) is 94.1 Å². The van der Waals surface area contributed by atoms with Crippen molar-refractivity contribution in [3.05, 3.63) is 92.5 Å². The molecule has 3 N–H and O–H groups in total. The molecular formula is C23H21NO5S. The largest absolute Gasteiger partial charge is 0.504 e. The van der Waals surface area contributed by atoms with Crippen LogP contribution in [0.15, 0.2) is 75.3 Å². The Morgan fingerprint density at radius 2 is 1.73 bits per heavy atom.